The molecule has 0 radical (unpaired) electrons. The normalized spacial score (nSPS) is 18.6. The summed E-state index contributed by atoms with van der Waals surface area (Å²) in [4.78, 5) is 0. The van der Waals surface area contributed by atoms with Gasteiger partial charge in [-0.05, 0) is 6.42 Å². The highest BCUT2D eigenvalue weighted by Crippen LogP contribution is 2.22. The van der Waals surface area contributed by atoms with Crippen molar-refractivity contribution in [3.63, 3.8) is 0 Å². The minimum atomic E-state index is -2.98. The van der Waals surface area contributed by atoms with Crippen molar-refractivity contribution in [1.29, 1.82) is 5.26 Å². The fourth-order valence-electron chi connectivity index (χ4n) is 1.67. The Bertz CT molecular complexity index is 522. The average molecular weight is 211 g/mol. The first-order chi connectivity index (χ1) is 6.53. The van der Waals surface area contributed by atoms with E-state index in [1.165, 1.54) is 4.68 Å². The summed E-state index contributed by atoms with van der Waals surface area (Å²) < 4.78 is 24.2. The lowest BCUT2D eigenvalue weighted by Gasteiger charge is -2.12. The van der Waals surface area contributed by atoms with Crippen molar-refractivity contribution in [3.05, 3.63) is 17.0 Å². The smallest absolute Gasteiger partial charge is 0.166 e. The van der Waals surface area contributed by atoms with Crippen LogP contribution < -0.4 is 0 Å². The molecule has 1 aromatic heterocycles. The van der Waals surface area contributed by atoms with E-state index in [2.05, 4.69) is 5.10 Å². The first-order valence-corrected chi connectivity index (χ1v) is 6.01. The van der Waals surface area contributed by atoms with Gasteiger partial charge < -0.3 is 0 Å². The van der Waals surface area contributed by atoms with Gasteiger partial charge in [-0.1, -0.05) is 0 Å². The Kier molecular flexibility index (Phi) is 1.86. The molecule has 5 nitrogen and oxygen atoms in total. The van der Waals surface area contributed by atoms with Crippen LogP contribution in [-0.4, -0.2) is 24.0 Å². The molecule has 1 aliphatic heterocycles. The number of hydrogen-bond acceptors (Lipinski definition) is 4. The molecule has 0 saturated carbocycles. The summed E-state index contributed by atoms with van der Waals surface area (Å²) in [5, 5.41) is 12.7. The van der Waals surface area contributed by atoms with Crippen LogP contribution in [0.4, 0.5) is 0 Å². The molecular weight excluding hydrogens is 202 g/mol. The Morgan fingerprint density at radius 1 is 1.57 bits per heavy atom. The number of aromatic nitrogens is 2. The van der Waals surface area contributed by atoms with E-state index in [1.54, 1.807) is 7.05 Å². The number of nitrogens with zero attached hydrogens (tertiary/aromatic N) is 3. The van der Waals surface area contributed by atoms with Crippen molar-refractivity contribution in [3.8, 4) is 6.07 Å². The van der Waals surface area contributed by atoms with Gasteiger partial charge in [0.25, 0.3) is 0 Å². The molecule has 0 aromatic carbocycles. The topological polar surface area (TPSA) is 75.8 Å². The molecule has 0 aliphatic carbocycles. The molecule has 14 heavy (non-hydrogen) atoms. The van der Waals surface area contributed by atoms with E-state index in [4.69, 9.17) is 5.26 Å². The Morgan fingerprint density at radius 3 is 2.93 bits per heavy atom. The van der Waals surface area contributed by atoms with E-state index >= 15 is 0 Å². The highest BCUT2D eigenvalue weighted by atomic mass is 32.2. The van der Waals surface area contributed by atoms with Crippen LogP contribution in [0.25, 0.3) is 0 Å². The molecule has 0 spiro atoms. The predicted molar refractivity (Wildman–Crippen MR) is 49.1 cm³/mol. The molecule has 0 unspecified atom stereocenters. The Labute approximate surface area is 81.9 Å². The lowest BCUT2D eigenvalue weighted by atomic mass is 10.1. The van der Waals surface area contributed by atoms with E-state index in [9.17, 15) is 8.42 Å². The SMILES string of the molecule is Cn1nc(C#N)c2c1CS(=O)(=O)CC2. The first-order valence-electron chi connectivity index (χ1n) is 4.19. The third-order valence-electron chi connectivity index (χ3n) is 2.40. The molecule has 2 rings (SSSR count). The van der Waals surface area contributed by atoms with Gasteiger partial charge >= 0.3 is 0 Å². The zero-order valence-electron chi connectivity index (χ0n) is 7.69. The molecule has 6 heteroatoms. The lowest BCUT2D eigenvalue weighted by molar-refractivity contribution is 0.587. The van der Waals surface area contributed by atoms with Gasteiger partial charge in [0.15, 0.2) is 15.5 Å². The summed E-state index contributed by atoms with van der Waals surface area (Å²) in [7, 11) is -1.32. The Morgan fingerprint density at radius 2 is 2.29 bits per heavy atom. The molecule has 1 aliphatic rings. The van der Waals surface area contributed by atoms with Crippen molar-refractivity contribution in [2.24, 2.45) is 7.05 Å². The monoisotopic (exact) mass is 211 g/mol. The summed E-state index contributed by atoms with van der Waals surface area (Å²) in [5.41, 5.74) is 1.81. The number of rotatable bonds is 0. The maximum atomic E-state index is 11.3. The summed E-state index contributed by atoms with van der Waals surface area (Å²) in [5.74, 6) is 0.133. The lowest BCUT2D eigenvalue weighted by Crippen LogP contribution is -2.20. The van der Waals surface area contributed by atoms with Gasteiger partial charge in [-0.2, -0.15) is 10.4 Å². The summed E-state index contributed by atoms with van der Waals surface area (Å²) in [6.07, 6.45) is 0.411. The molecule has 74 valence electrons. The van der Waals surface area contributed by atoms with Crippen molar-refractivity contribution < 1.29 is 8.42 Å². The van der Waals surface area contributed by atoms with Gasteiger partial charge in [-0.3, -0.25) is 4.68 Å². The second-order valence-electron chi connectivity index (χ2n) is 3.35. The summed E-state index contributed by atoms with van der Waals surface area (Å²) in [6, 6.07) is 1.98. The molecular formula is C8H9N3O2S. The number of aryl methyl sites for hydroxylation is 1. The van der Waals surface area contributed by atoms with Crippen LogP contribution in [0, 0.1) is 11.3 Å². The van der Waals surface area contributed by atoms with Gasteiger partial charge in [0.2, 0.25) is 0 Å². The molecule has 0 N–H and O–H groups in total. The minimum Gasteiger partial charge on any atom is -0.270 e. The maximum Gasteiger partial charge on any atom is 0.166 e. The van der Waals surface area contributed by atoms with Crippen LogP contribution in [0.1, 0.15) is 17.0 Å². The molecule has 0 bridgehead atoms. The quantitative estimate of drug-likeness (QED) is 0.593. The predicted octanol–water partition coefficient (Wildman–Crippen LogP) is -0.237. The van der Waals surface area contributed by atoms with Crippen molar-refractivity contribution >= 4 is 9.84 Å². The number of nitriles is 1. The molecule has 0 atom stereocenters. The van der Waals surface area contributed by atoms with Crippen molar-refractivity contribution in [2.75, 3.05) is 5.75 Å². The third kappa shape index (κ3) is 1.30. The zero-order chi connectivity index (χ0) is 10.3. The van der Waals surface area contributed by atoms with E-state index in [0.29, 0.717) is 17.8 Å². The first kappa shape index (κ1) is 9.21. The van der Waals surface area contributed by atoms with Crippen LogP contribution in [0.5, 0.6) is 0 Å². The van der Waals surface area contributed by atoms with Crippen LogP contribution in [0.2, 0.25) is 0 Å². The highest BCUT2D eigenvalue weighted by Gasteiger charge is 2.27. The van der Waals surface area contributed by atoms with Crippen LogP contribution in [-0.2, 0) is 29.1 Å². The van der Waals surface area contributed by atoms with Crippen molar-refractivity contribution in [1.82, 2.24) is 9.78 Å². The van der Waals surface area contributed by atoms with Crippen molar-refractivity contribution in [2.45, 2.75) is 12.2 Å². The minimum absolute atomic E-state index is 0.00745. The van der Waals surface area contributed by atoms with Crippen LogP contribution in [0.15, 0.2) is 0 Å². The zero-order valence-corrected chi connectivity index (χ0v) is 8.50. The highest BCUT2D eigenvalue weighted by molar-refractivity contribution is 7.90. The van der Waals surface area contributed by atoms with E-state index in [-0.39, 0.29) is 11.5 Å². The van der Waals surface area contributed by atoms with Gasteiger partial charge in [0, 0.05) is 12.6 Å². The molecule has 1 aromatic rings. The van der Waals surface area contributed by atoms with Gasteiger partial charge in [-0.25, -0.2) is 8.42 Å². The maximum absolute atomic E-state index is 11.3. The summed E-state index contributed by atoms with van der Waals surface area (Å²) in [6.45, 7) is 0. The number of hydrogen-bond donors (Lipinski definition) is 0. The largest absolute Gasteiger partial charge is 0.270 e. The fraction of sp³-hybridized carbons (Fsp3) is 0.500. The van der Waals surface area contributed by atoms with Gasteiger partial charge in [0.1, 0.15) is 6.07 Å². The van der Waals surface area contributed by atoms with E-state index < -0.39 is 9.84 Å². The number of fused-ring (bicyclic) bond motifs is 1. The van der Waals surface area contributed by atoms with Crippen LogP contribution in [0.3, 0.4) is 0 Å². The van der Waals surface area contributed by atoms with E-state index in [1.807, 2.05) is 6.07 Å². The standard InChI is InChI=1S/C8H9N3O2S/c1-11-8-5-14(12,13)3-2-6(8)7(4-9)10-11/h2-3,5H2,1H3. The Balaban J connectivity index is 2.60. The van der Waals surface area contributed by atoms with E-state index in [0.717, 1.165) is 5.56 Å². The Hall–Kier alpha value is -1.35. The second-order valence-corrected chi connectivity index (χ2v) is 5.54. The molecule has 0 amide bonds. The number of sulfone groups is 1. The molecule has 2 heterocycles. The second kappa shape index (κ2) is 2.82. The average Bonchev–Trinajstić information content (AvgIpc) is 2.41. The van der Waals surface area contributed by atoms with Gasteiger partial charge in [0.05, 0.1) is 17.2 Å². The third-order valence-corrected chi connectivity index (χ3v) is 3.94. The molecule has 0 fully saturated rings. The van der Waals surface area contributed by atoms with Crippen LogP contribution >= 0.6 is 0 Å². The van der Waals surface area contributed by atoms with Gasteiger partial charge in [-0.15, -0.1) is 0 Å². The fourth-order valence-corrected chi connectivity index (χ4v) is 3.11. The molecule has 0 saturated heterocycles. The summed E-state index contributed by atoms with van der Waals surface area (Å²) >= 11 is 0.